The molecule has 0 heterocycles. The number of carbonyl (C=O) groups is 2. The highest BCUT2D eigenvalue weighted by Crippen LogP contribution is 2.25. The summed E-state index contributed by atoms with van der Waals surface area (Å²) >= 11 is 0. The van der Waals surface area contributed by atoms with E-state index in [0.717, 1.165) is 0 Å². The number of rotatable bonds is 9. The van der Waals surface area contributed by atoms with Crippen LogP contribution in [0.1, 0.15) is 30.6 Å². The highest BCUT2D eigenvalue weighted by molar-refractivity contribution is 7.89. The van der Waals surface area contributed by atoms with Crippen LogP contribution in [0.15, 0.2) is 23.1 Å². The molecular formula is C16H23NO7S. The molecule has 0 spiro atoms. The molecule has 25 heavy (non-hydrogen) atoms. The first-order valence-corrected chi connectivity index (χ1v) is 9.09. The number of carbonyl (C=O) groups excluding carboxylic acids is 1. The molecule has 1 unspecified atom stereocenters. The van der Waals surface area contributed by atoms with E-state index in [-0.39, 0.29) is 28.7 Å². The van der Waals surface area contributed by atoms with Crippen molar-refractivity contribution in [2.75, 3.05) is 20.8 Å². The van der Waals surface area contributed by atoms with Crippen molar-refractivity contribution in [3.63, 3.8) is 0 Å². The number of hydrogen-bond donors (Lipinski definition) is 2. The van der Waals surface area contributed by atoms with Gasteiger partial charge in [-0.1, -0.05) is 13.8 Å². The molecule has 0 aliphatic carbocycles. The molecule has 9 heteroatoms. The van der Waals surface area contributed by atoms with E-state index in [1.807, 2.05) is 13.8 Å². The van der Waals surface area contributed by atoms with Gasteiger partial charge in [0.15, 0.2) is 0 Å². The molecule has 1 aromatic carbocycles. The Morgan fingerprint density at radius 1 is 1.24 bits per heavy atom. The maximum absolute atomic E-state index is 12.5. The van der Waals surface area contributed by atoms with E-state index < -0.39 is 27.9 Å². The Labute approximate surface area is 147 Å². The van der Waals surface area contributed by atoms with Gasteiger partial charge in [0.1, 0.15) is 10.6 Å². The van der Waals surface area contributed by atoms with Crippen LogP contribution in [0.3, 0.4) is 0 Å². The Morgan fingerprint density at radius 3 is 2.36 bits per heavy atom. The van der Waals surface area contributed by atoms with Crippen LogP contribution in [0.5, 0.6) is 5.75 Å². The number of hydrogen-bond acceptors (Lipinski definition) is 6. The van der Waals surface area contributed by atoms with Crippen LogP contribution in [-0.4, -0.2) is 46.2 Å². The lowest BCUT2D eigenvalue weighted by molar-refractivity contribution is -0.142. The molecular weight excluding hydrogens is 350 g/mol. The molecule has 0 aliphatic rings. The number of sulfonamides is 1. The number of ether oxygens (including phenoxy) is 2. The van der Waals surface area contributed by atoms with Crippen LogP contribution < -0.4 is 9.46 Å². The highest BCUT2D eigenvalue weighted by atomic mass is 32.2. The SMILES string of the molecule is COC(=O)c1ccc(S(=O)(=O)NCC(CC(C)C)C(=O)O)c(OC)c1. The number of benzene rings is 1. The Kier molecular flexibility index (Phi) is 7.38. The molecule has 1 aromatic rings. The van der Waals surface area contributed by atoms with E-state index in [4.69, 9.17) is 4.74 Å². The summed E-state index contributed by atoms with van der Waals surface area (Å²) in [6, 6.07) is 3.76. The second kappa shape index (κ2) is 8.82. The van der Waals surface area contributed by atoms with Crippen molar-refractivity contribution in [3.8, 4) is 5.75 Å². The minimum atomic E-state index is -4.01. The second-order valence-corrected chi connectivity index (χ2v) is 7.61. The first-order chi connectivity index (χ1) is 11.6. The zero-order valence-corrected chi connectivity index (χ0v) is 15.4. The molecule has 0 radical (unpaired) electrons. The van der Waals surface area contributed by atoms with Crippen LogP contribution >= 0.6 is 0 Å². The zero-order valence-electron chi connectivity index (χ0n) is 14.6. The lowest BCUT2D eigenvalue weighted by Crippen LogP contribution is -2.34. The van der Waals surface area contributed by atoms with Gasteiger partial charge in [0.05, 0.1) is 25.7 Å². The van der Waals surface area contributed by atoms with E-state index >= 15 is 0 Å². The summed E-state index contributed by atoms with van der Waals surface area (Å²) < 4.78 is 36.9. The molecule has 0 aliphatic heterocycles. The fraction of sp³-hybridized carbons (Fsp3) is 0.500. The summed E-state index contributed by atoms with van der Waals surface area (Å²) in [5.74, 6) is -2.46. The Bertz CT molecular complexity index is 728. The predicted molar refractivity (Wildman–Crippen MR) is 90.1 cm³/mol. The first-order valence-electron chi connectivity index (χ1n) is 7.61. The third kappa shape index (κ3) is 5.71. The van der Waals surface area contributed by atoms with Crippen LogP contribution in [0.4, 0.5) is 0 Å². The summed E-state index contributed by atoms with van der Waals surface area (Å²) in [5.41, 5.74) is 0.140. The zero-order chi connectivity index (χ0) is 19.2. The van der Waals surface area contributed by atoms with Gasteiger partial charge in [-0.15, -0.1) is 0 Å². The third-order valence-corrected chi connectivity index (χ3v) is 4.96. The van der Waals surface area contributed by atoms with Gasteiger partial charge in [0.25, 0.3) is 0 Å². The first kappa shape index (κ1) is 20.9. The Balaban J connectivity index is 3.05. The summed E-state index contributed by atoms with van der Waals surface area (Å²) in [6.45, 7) is 3.48. The van der Waals surface area contributed by atoms with E-state index in [1.54, 1.807) is 0 Å². The molecule has 0 saturated carbocycles. The Hall–Kier alpha value is -2.13. The average molecular weight is 373 g/mol. The van der Waals surface area contributed by atoms with Crippen molar-refractivity contribution in [3.05, 3.63) is 23.8 Å². The minimum absolute atomic E-state index is 0.0360. The molecule has 0 bridgehead atoms. The lowest BCUT2D eigenvalue weighted by atomic mass is 9.98. The van der Waals surface area contributed by atoms with Crippen molar-refractivity contribution in [2.45, 2.75) is 25.2 Å². The minimum Gasteiger partial charge on any atom is -0.495 e. The van der Waals surface area contributed by atoms with Crippen molar-refractivity contribution in [1.82, 2.24) is 4.72 Å². The van der Waals surface area contributed by atoms with Gasteiger partial charge in [-0.25, -0.2) is 17.9 Å². The van der Waals surface area contributed by atoms with E-state index in [9.17, 15) is 23.1 Å². The molecule has 0 saturated heterocycles. The number of aliphatic carboxylic acids is 1. The van der Waals surface area contributed by atoms with E-state index in [1.165, 1.54) is 32.4 Å². The molecule has 0 fully saturated rings. The van der Waals surface area contributed by atoms with Gasteiger partial charge in [-0.05, 0) is 30.5 Å². The summed E-state index contributed by atoms with van der Waals surface area (Å²) in [5, 5.41) is 9.20. The van der Waals surface area contributed by atoms with Crippen LogP contribution in [0.25, 0.3) is 0 Å². The summed E-state index contributed by atoms with van der Waals surface area (Å²) in [7, 11) is -1.52. The normalized spacial score (nSPS) is 12.7. The summed E-state index contributed by atoms with van der Waals surface area (Å²) in [4.78, 5) is 22.6. The fourth-order valence-corrected chi connectivity index (χ4v) is 3.49. The third-order valence-electron chi connectivity index (χ3n) is 3.50. The van der Waals surface area contributed by atoms with Crippen LogP contribution in [0, 0.1) is 11.8 Å². The monoisotopic (exact) mass is 373 g/mol. The van der Waals surface area contributed by atoms with E-state index in [0.29, 0.717) is 6.42 Å². The van der Waals surface area contributed by atoms with Crippen LogP contribution in [-0.2, 0) is 19.6 Å². The topological polar surface area (TPSA) is 119 Å². The van der Waals surface area contributed by atoms with Gasteiger partial charge < -0.3 is 14.6 Å². The maximum atomic E-state index is 12.5. The fourth-order valence-electron chi connectivity index (χ4n) is 2.26. The largest absolute Gasteiger partial charge is 0.495 e. The standard InChI is InChI=1S/C16H23NO7S/c1-10(2)7-12(15(18)19)9-17-25(21,22)14-6-5-11(16(20)24-4)8-13(14)23-3/h5-6,8,10,12,17H,7,9H2,1-4H3,(H,18,19). The number of esters is 1. The van der Waals surface area contributed by atoms with Crippen LogP contribution in [0.2, 0.25) is 0 Å². The summed E-state index contributed by atoms with van der Waals surface area (Å²) in [6.07, 6.45) is 0.344. The maximum Gasteiger partial charge on any atom is 0.337 e. The van der Waals surface area contributed by atoms with Crippen molar-refractivity contribution in [2.24, 2.45) is 11.8 Å². The number of methoxy groups -OCH3 is 2. The molecule has 1 atom stereocenters. The molecule has 2 N–H and O–H groups in total. The molecule has 140 valence electrons. The lowest BCUT2D eigenvalue weighted by Gasteiger charge is -2.16. The van der Waals surface area contributed by atoms with Gasteiger partial charge >= 0.3 is 11.9 Å². The molecule has 1 rings (SSSR count). The second-order valence-electron chi connectivity index (χ2n) is 5.87. The predicted octanol–water partition coefficient (Wildman–Crippen LogP) is 1.51. The molecule has 8 nitrogen and oxygen atoms in total. The molecule has 0 amide bonds. The van der Waals surface area contributed by atoms with Crippen molar-refractivity contribution in [1.29, 1.82) is 0 Å². The molecule has 0 aromatic heterocycles. The van der Waals surface area contributed by atoms with Crippen molar-refractivity contribution >= 4 is 22.0 Å². The quantitative estimate of drug-likeness (QED) is 0.630. The average Bonchev–Trinajstić information content (AvgIpc) is 2.56. The van der Waals surface area contributed by atoms with Gasteiger partial charge in [0, 0.05) is 6.54 Å². The van der Waals surface area contributed by atoms with E-state index in [2.05, 4.69) is 9.46 Å². The highest BCUT2D eigenvalue weighted by Gasteiger charge is 2.25. The number of nitrogens with one attached hydrogen (secondary N) is 1. The van der Waals surface area contributed by atoms with Gasteiger partial charge in [-0.3, -0.25) is 4.79 Å². The van der Waals surface area contributed by atoms with Gasteiger partial charge in [-0.2, -0.15) is 0 Å². The van der Waals surface area contributed by atoms with Crippen molar-refractivity contribution < 1.29 is 32.6 Å². The smallest absolute Gasteiger partial charge is 0.337 e. The van der Waals surface area contributed by atoms with Gasteiger partial charge in [0.2, 0.25) is 10.0 Å². The number of carboxylic acids is 1. The number of carboxylic acid groups (broad SMARTS) is 1. The Morgan fingerprint density at radius 2 is 1.88 bits per heavy atom.